The first-order valence-electron chi connectivity index (χ1n) is 4.10. The van der Waals surface area contributed by atoms with Crippen molar-refractivity contribution in [2.24, 2.45) is 0 Å². The topological polar surface area (TPSA) is 95.0 Å². The summed E-state index contributed by atoms with van der Waals surface area (Å²) in [6.45, 7) is 0. The number of aromatic amines is 1. The third-order valence-corrected chi connectivity index (χ3v) is 2.05. The Morgan fingerprint density at radius 2 is 2.06 bits per heavy atom. The van der Waals surface area contributed by atoms with E-state index in [0.29, 0.717) is 12.1 Å². The van der Waals surface area contributed by atoms with E-state index in [9.17, 15) is 28.2 Å². The molecule has 0 amide bonds. The number of benzene rings is 1. The fraction of sp³-hybridized carbons (Fsp3) is 0.143. The van der Waals surface area contributed by atoms with Crippen molar-refractivity contribution in [1.82, 2.24) is 5.16 Å². The van der Waals surface area contributed by atoms with Crippen LogP contribution in [0.1, 0.15) is 5.56 Å². The smallest absolute Gasteiger partial charge is 0.258 e. The van der Waals surface area contributed by atoms with Crippen molar-refractivity contribution in [2.75, 3.05) is 0 Å². The summed E-state index contributed by atoms with van der Waals surface area (Å²) in [7, 11) is 0. The van der Waals surface area contributed by atoms with Crippen LogP contribution in [0.15, 0.2) is 16.8 Å². The molecule has 2 aromatic rings. The number of alkyl halides is 3. The summed E-state index contributed by atoms with van der Waals surface area (Å²) < 4.78 is 41.1. The highest BCUT2D eigenvalue weighted by atomic mass is 19.4. The van der Waals surface area contributed by atoms with Crippen molar-refractivity contribution in [1.29, 1.82) is 0 Å². The van der Waals surface area contributed by atoms with Crippen molar-refractivity contribution >= 4 is 16.7 Å². The third-order valence-electron chi connectivity index (χ3n) is 2.05. The van der Waals surface area contributed by atoms with Crippen LogP contribution in [0.4, 0.5) is 18.9 Å². The van der Waals surface area contributed by atoms with Crippen LogP contribution in [0.2, 0.25) is 0 Å². The monoisotopic (exact) mass is 250 g/mol. The number of halogens is 3. The number of rotatable bonds is 1. The normalized spacial score (nSPS) is 11.9. The minimum atomic E-state index is -4.79. The highest BCUT2D eigenvalue weighted by molar-refractivity contribution is 5.81. The zero-order valence-electron chi connectivity index (χ0n) is 7.82. The molecule has 17 heavy (non-hydrogen) atoms. The van der Waals surface area contributed by atoms with E-state index >= 15 is 0 Å². The summed E-state index contributed by atoms with van der Waals surface area (Å²) in [5.74, 6) is 0. The second-order valence-electron chi connectivity index (χ2n) is 3.09. The lowest BCUT2D eigenvalue weighted by Gasteiger charge is -2.04. The van der Waals surface area contributed by atoms with Gasteiger partial charge in [0.1, 0.15) is 0 Å². The standard InChI is InChI=1S/C7H3F3N3O4/c8-7(9,10)3-1-4(12(14)15)6-5(2-3)13(16)17-11-6/h1-2,11H/q+1. The molecular weight excluding hydrogens is 247 g/mol. The highest BCUT2D eigenvalue weighted by Gasteiger charge is 2.36. The van der Waals surface area contributed by atoms with Gasteiger partial charge in [0.05, 0.1) is 10.5 Å². The maximum Gasteiger partial charge on any atom is 0.416 e. The summed E-state index contributed by atoms with van der Waals surface area (Å²) in [4.78, 5) is 20.5. The van der Waals surface area contributed by atoms with Crippen molar-refractivity contribution in [3.05, 3.63) is 32.7 Å². The molecule has 0 saturated carbocycles. The zero-order valence-corrected chi connectivity index (χ0v) is 7.82. The third kappa shape index (κ3) is 1.73. The number of fused-ring (bicyclic) bond motifs is 1. The molecule has 0 radical (unpaired) electrons. The zero-order chi connectivity index (χ0) is 12.8. The predicted molar refractivity (Wildman–Crippen MR) is 45.6 cm³/mol. The van der Waals surface area contributed by atoms with Crippen molar-refractivity contribution in [2.45, 2.75) is 6.18 Å². The lowest BCUT2D eigenvalue weighted by molar-refractivity contribution is -0.692. The molecule has 90 valence electrons. The minimum Gasteiger partial charge on any atom is -0.258 e. The van der Waals surface area contributed by atoms with E-state index in [1.54, 1.807) is 0 Å². The molecule has 10 heteroatoms. The van der Waals surface area contributed by atoms with E-state index in [0.717, 1.165) is 0 Å². The van der Waals surface area contributed by atoms with E-state index in [1.807, 2.05) is 5.16 Å². The number of H-pyrrole nitrogens is 1. The van der Waals surface area contributed by atoms with Crippen molar-refractivity contribution in [3.63, 3.8) is 0 Å². The number of hydrogen-bond donors (Lipinski definition) is 1. The fourth-order valence-corrected chi connectivity index (χ4v) is 1.30. The van der Waals surface area contributed by atoms with E-state index in [-0.39, 0.29) is 4.60 Å². The Hall–Kier alpha value is -2.39. The number of hydrogen-bond acceptors (Lipinski definition) is 4. The van der Waals surface area contributed by atoms with Crippen molar-refractivity contribution < 1.29 is 27.3 Å². The molecular formula is C7H3F3N3O4+. The molecule has 0 bridgehead atoms. The van der Waals surface area contributed by atoms with Crippen LogP contribution in [-0.2, 0) is 6.18 Å². The van der Waals surface area contributed by atoms with Gasteiger partial charge in [-0.3, -0.25) is 10.1 Å². The summed E-state index contributed by atoms with van der Waals surface area (Å²) in [6.07, 6.45) is -4.79. The molecule has 0 aliphatic carbocycles. The molecule has 1 N–H and O–H groups in total. The second kappa shape index (κ2) is 3.30. The molecule has 0 unspecified atom stereocenters. The predicted octanol–water partition coefficient (Wildman–Crippen LogP) is 1.60. The van der Waals surface area contributed by atoms with Gasteiger partial charge in [-0.05, 0) is 4.91 Å². The van der Waals surface area contributed by atoms with Gasteiger partial charge in [0.2, 0.25) is 0 Å². The van der Waals surface area contributed by atoms with Gasteiger partial charge in [-0.2, -0.15) is 13.2 Å². The number of nitrogens with one attached hydrogen (secondary N) is 1. The van der Waals surface area contributed by atoms with Gasteiger partial charge in [0, 0.05) is 12.1 Å². The summed E-state index contributed by atoms with van der Waals surface area (Å²) in [5.41, 5.74) is -3.17. The lowest BCUT2D eigenvalue weighted by Crippen LogP contribution is -2.11. The first kappa shape index (κ1) is 11.1. The lowest BCUT2D eigenvalue weighted by atomic mass is 10.1. The quantitative estimate of drug-likeness (QED) is 0.614. The van der Waals surface area contributed by atoms with E-state index in [4.69, 9.17) is 0 Å². The molecule has 1 aromatic heterocycles. The maximum atomic E-state index is 12.4. The average molecular weight is 250 g/mol. The molecule has 0 fully saturated rings. The second-order valence-corrected chi connectivity index (χ2v) is 3.09. The molecule has 1 aromatic carbocycles. The molecule has 0 atom stereocenters. The summed E-state index contributed by atoms with van der Waals surface area (Å²) >= 11 is 0. The first-order chi connectivity index (χ1) is 7.80. The molecule has 0 spiro atoms. The van der Waals surface area contributed by atoms with Crippen LogP contribution in [0, 0.1) is 15.0 Å². The van der Waals surface area contributed by atoms with Crippen molar-refractivity contribution in [3.8, 4) is 0 Å². The summed E-state index contributed by atoms with van der Waals surface area (Å²) in [5, 5.41) is 12.5. The largest absolute Gasteiger partial charge is 0.416 e. The molecule has 1 heterocycles. The number of nitro benzene ring substituents is 1. The van der Waals surface area contributed by atoms with Gasteiger partial charge < -0.3 is 0 Å². The van der Waals surface area contributed by atoms with Crippen LogP contribution in [0.25, 0.3) is 11.0 Å². The molecule has 2 rings (SSSR count). The van der Waals surface area contributed by atoms with Gasteiger partial charge in [-0.25, -0.2) is 0 Å². The average Bonchev–Trinajstić information content (AvgIpc) is 2.58. The van der Waals surface area contributed by atoms with Crippen LogP contribution in [-0.4, -0.2) is 10.1 Å². The molecule has 7 nitrogen and oxygen atoms in total. The van der Waals surface area contributed by atoms with Crippen LogP contribution in [0.3, 0.4) is 0 Å². The van der Waals surface area contributed by atoms with Crippen LogP contribution < -0.4 is 4.60 Å². The Kier molecular flexibility index (Phi) is 2.16. The number of aromatic nitrogens is 2. The van der Waals surface area contributed by atoms with Crippen LogP contribution >= 0.6 is 0 Å². The molecule has 0 aliphatic heterocycles. The molecule has 0 saturated heterocycles. The Bertz CT molecular complexity index is 656. The molecule has 0 aliphatic rings. The van der Waals surface area contributed by atoms with Gasteiger partial charge in [-0.1, -0.05) is 9.79 Å². The maximum absolute atomic E-state index is 12.4. The van der Waals surface area contributed by atoms with Gasteiger partial charge in [-0.15, -0.1) is 0 Å². The van der Waals surface area contributed by atoms with E-state index < -0.39 is 33.4 Å². The fourth-order valence-electron chi connectivity index (χ4n) is 1.30. The van der Waals surface area contributed by atoms with Gasteiger partial charge in [0.15, 0.2) is 4.60 Å². The Labute approximate surface area is 89.1 Å². The van der Waals surface area contributed by atoms with E-state index in [1.165, 1.54) is 0 Å². The number of nitro groups is 1. The highest BCUT2D eigenvalue weighted by Crippen LogP contribution is 2.34. The summed E-state index contributed by atoms with van der Waals surface area (Å²) in [6, 6.07) is 0.795. The van der Waals surface area contributed by atoms with Gasteiger partial charge in [0.25, 0.3) is 11.0 Å². The number of nitrogens with zero attached hydrogens (tertiary/aromatic N) is 2. The minimum absolute atomic E-state index is 0.266. The SMILES string of the molecule is O=[N+]([O-])c1cc(C(F)(F)F)cc2c1[nH]o[n+]2=O. The Balaban J connectivity index is 2.88. The number of non-ortho nitro benzene ring substituents is 1. The van der Waals surface area contributed by atoms with Gasteiger partial charge >= 0.3 is 11.9 Å². The van der Waals surface area contributed by atoms with Crippen LogP contribution in [0.5, 0.6) is 0 Å². The Morgan fingerprint density at radius 3 is 2.59 bits per heavy atom. The Morgan fingerprint density at radius 1 is 1.41 bits per heavy atom. The van der Waals surface area contributed by atoms with E-state index in [2.05, 4.69) is 4.63 Å². The first-order valence-corrected chi connectivity index (χ1v) is 4.10.